The van der Waals surface area contributed by atoms with Gasteiger partial charge < -0.3 is 9.84 Å². The van der Waals surface area contributed by atoms with Crippen LogP contribution in [0.15, 0.2) is 43.0 Å². The van der Waals surface area contributed by atoms with Gasteiger partial charge in [-0.1, -0.05) is 56.8 Å². The minimum atomic E-state index is -1.41. The molecule has 0 aliphatic heterocycles. The summed E-state index contributed by atoms with van der Waals surface area (Å²) in [7, 11) is 1.33. The summed E-state index contributed by atoms with van der Waals surface area (Å²) in [5.41, 5.74) is -0.771. The van der Waals surface area contributed by atoms with Gasteiger partial charge in [-0.3, -0.25) is 4.79 Å². The van der Waals surface area contributed by atoms with Gasteiger partial charge in [0.2, 0.25) is 0 Å². The van der Waals surface area contributed by atoms with Crippen molar-refractivity contribution in [1.29, 1.82) is 0 Å². The molecule has 98 valence electrons. The molecule has 18 heavy (non-hydrogen) atoms. The molecular formula is C15H20O3. The highest BCUT2D eigenvalue weighted by atomic mass is 16.5. The van der Waals surface area contributed by atoms with Crippen LogP contribution in [-0.2, 0) is 15.1 Å². The molecule has 0 saturated carbocycles. The Hall–Kier alpha value is -1.61. The fraction of sp³-hybridized carbons (Fsp3) is 0.400. The first-order chi connectivity index (χ1) is 8.47. The summed E-state index contributed by atoms with van der Waals surface area (Å²) in [4.78, 5) is 11.9. The second kappa shape index (κ2) is 5.83. The van der Waals surface area contributed by atoms with Crippen LogP contribution in [0, 0.1) is 11.8 Å². The number of rotatable bonds is 5. The summed E-state index contributed by atoms with van der Waals surface area (Å²) in [6, 6.07) is 9.05. The van der Waals surface area contributed by atoms with Crippen LogP contribution >= 0.6 is 0 Å². The van der Waals surface area contributed by atoms with Gasteiger partial charge in [-0.2, -0.15) is 0 Å². The molecule has 0 aliphatic carbocycles. The number of carbonyl (C=O) groups excluding carboxylic acids is 1. The minimum absolute atomic E-state index is 0.0688. The molecule has 0 aromatic heterocycles. The Morgan fingerprint density at radius 2 is 1.94 bits per heavy atom. The summed E-state index contributed by atoms with van der Waals surface area (Å²) in [5, 5.41) is 10.8. The van der Waals surface area contributed by atoms with Gasteiger partial charge in [-0.15, -0.1) is 0 Å². The molecule has 0 radical (unpaired) electrons. The van der Waals surface area contributed by atoms with E-state index in [4.69, 9.17) is 4.74 Å². The van der Waals surface area contributed by atoms with E-state index in [1.807, 2.05) is 32.0 Å². The first-order valence-electron chi connectivity index (χ1n) is 5.96. The zero-order valence-corrected chi connectivity index (χ0v) is 11.1. The number of hydrogen-bond donors (Lipinski definition) is 1. The van der Waals surface area contributed by atoms with E-state index in [0.29, 0.717) is 5.56 Å². The second-order valence-electron chi connectivity index (χ2n) is 4.64. The van der Waals surface area contributed by atoms with E-state index in [9.17, 15) is 9.90 Å². The molecule has 1 aromatic rings. The maximum Gasteiger partial charge on any atom is 0.312 e. The number of ether oxygens (including phenoxy) is 1. The van der Waals surface area contributed by atoms with Crippen molar-refractivity contribution >= 4 is 5.97 Å². The number of aliphatic hydroxyl groups is 1. The maximum atomic E-state index is 11.9. The van der Waals surface area contributed by atoms with Gasteiger partial charge in [0.1, 0.15) is 5.60 Å². The normalized spacial score (nSPS) is 15.8. The third kappa shape index (κ3) is 2.62. The average molecular weight is 248 g/mol. The predicted octanol–water partition coefficient (Wildman–Crippen LogP) is 2.51. The molecule has 1 aromatic carbocycles. The zero-order chi connectivity index (χ0) is 13.8. The molecule has 2 atom stereocenters. The standard InChI is InChI=1S/C15H20O3/c1-5-15(17,12-9-7-6-8-10-12)13(11(2)3)14(16)18-4/h5-11,13,17H,1H2,2-4H3. The van der Waals surface area contributed by atoms with Crippen LogP contribution in [0.5, 0.6) is 0 Å². The summed E-state index contributed by atoms with van der Waals surface area (Å²) in [6.07, 6.45) is 1.41. The van der Waals surface area contributed by atoms with Crippen molar-refractivity contribution in [2.24, 2.45) is 11.8 Å². The van der Waals surface area contributed by atoms with Gasteiger partial charge in [0.05, 0.1) is 13.0 Å². The third-order valence-electron chi connectivity index (χ3n) is 3.14. The summed E-state index contributed by atoms with van der Waals surface area (Å²) < 4.78 is 4.80. The van der Waals surface area contributed by atoms with E-state index >= 15 is 0 Å². The molecule has 0 amide bonds. The van der Waals surface area contributed by atoms with Crippen molar-refractivity contribution in [3.63, 3.8) is 0 Å². The SMILES string of the molecule is C=CC(O)(c1ccccc1)C(C(=O)OC)C(C)C. The molecule has 3 nitrogen and oxygen atoms in total. The van der Waals surface area contributed by atoms with Gasteiger partial charge in [0.15, 0.2) is 0 Å². The monoisotopic (exact) mass is 248 g/mol. The van der Waals surface area contributed by atoms with Gasteiger partial charge in [0.25, 0.3) is 0 Å². The lowest BCUT2D eigenvalue weighted by Crippen LogP contribution is -2.42. The Morgan fingerprint density at radius 1 is 1.39 bits per heavy atom. The maximum absolute atomic E-state index is 11.9. The van der Waals surface area contributed by atoms with Gasteiger partial charge >= 0.3 is 5.97 Å². The summed E-state index contributed by atoms with van der Waals surface area (Å²) in [6.45, 7) is 7.42. The van der Waals surface area contributed by atoms with Crippen LogP contribution in [0.1, 0.15) is 19.4 Å². The number of hydrogen-bond acceptors (Lipinski definition) is 3. The Balaban J connectivity index is 3.28. The lowest BCUT2D eigenvalue weighted by atomic mass is 9.75. The molecule has 0 heterocycles. The number of benzene rings is 1. The Labute approximate surface area is 108 Å². The van der Waals surface area contributed by atoms with Crippen molar-refractivity contribution in [2.75, 3.05) is 7.11 Å². The number of carbonyl (C=O) groups is 1. The van der Waals surface area contributed by atoms with Crippen molar-refractivity contribution < 1.29 is 14.6 Å². The first kappa shape index (κ1) is 14.5. The van der Waals surface area contributed by atoms with Crippen molar-refractivity contribution in [1.82, 2.24) is 0 Å². The summed E-state index contributed by atoms with van der Waals surface area (Å²) >= 11 is 0. The van der Waals surface area contributed by atoms with E-state index in [1.165, 1.54) is 13.2 Å². The van der Waals surface area contributed by atoms with E-state index < -0.39 is 17.5 Å². The van der Waals surface area contributed by atoms with E-state index in [0.717, 1.165) is 0 Å². The Morgan fingerprint density at radius 3 is 2.33 bits per heavy atom. The molecular weight excluding hydrogens is 228 g/mol. The largest absolute Gasteiger partial charge is 0.469 e. The Kier molecular flexibility index (Phi) is 4.68. The number of esters is 1. The average Bonchev–Trinajstić information content (AvgIpc) is 2.39. The molecule has 0 bridgehead atoms. The van der Waals surface area contributed by atoms with Crippen LogP contribution < -0.4 is 0 Å². The molecule has 0 saturated heterocycles. The van der Waals surface area contributed by atoms with Crippen LogP contribution in [0.2, 0.25) is 0 Å². The van der Waals surface area contributed by atoms with E-state index in [1.54, 1.807) is 12.1 Å². The van der Waals surface area contributed by atoms with Crippen LogP contribution in [0.3, 0.4) is 0 Å². The molecule has 3 heteroatoms. The predicted molar refractivity (Wildman–Crippen MR) is 70.9 cm³/mol. The van der Waals surface area contributed by atoms with Crippen LogP contribution in [-0.4, -0.2) is 18.2 Å². The minimum Gasteiger partial charge on any atom is -0.469 e. The quantitative estimate of drug-likeness (QED) is 0.643. The third-order valence-corrected chi connectivity index (χ3v) is 3.14. The molecule has 0 fully saturated rings. The van der Waals surface area contributed by atoms with Gasteiger partial charge in [-0.05, 0) is 11.5 Å². The van der Waals surface area contributed by atoms with Crippen LogP contribution in [0.25, 0.3) is 0 Å². The van der Waals surface area contributed by atoms with Crippen molar-refractivity contribution in [2.45, 2.75) is 19.4 Å². The Bertz CT molecular complexity index is 411. The smallest absolute Gasteiger partial charge is 0.312 e. The van der Waals surface area contributed by atoms with E-state index in [2.05, 4.69) is 6.58 Å². The highest BCUT2D eigenvalue weighted by Gasteiger charge is 2.43. The number of methoxy groups -OCH3 is 1. The molecule has 2 unspecified atom stereocenters. The van der Waals surface area contributed by atoms with E-state index in [-0.39, 0.29) is 5.92 Å². The molecule has 0 aliphatic rings. The van der Waals surface area contributed by atoms with Crippen molar-refractivity contribution in [3.05, 3.63) is 48.6 Å². The highest BCUT2D eigenvalue weighted by Crippen LogP contribution is 2.36. The lowest BCUT2D eigenvalue weighted by molar-refractivity contribution is -0.156. The lowest BCUT2D eigenvalue weighted by Gasteiger charge is -2.34. The fourth-order valence-corrected chi connectivity index (χ4v) is 2.22. The zero-order valence-electron chi connectivity index (χ0n) is 11.1. The highest BCUT2D eigenvalue weighted by molar-refractivity contribution is 5.75. The van der Waals surface area contributed by atoms with Gasteiger partial charge in [0, 0.05) is 0 Å². The molecule has 1 rings (SSSR count). The second-order valence-corrected chi connectivity index (χ2v) is 4.64. The first-order valence-corrected chi connectivity index (χ1v) is 5.96. The summed E-state index contributed by atoms with van der Waals surface area (Å²) in [5.74, 6) is -1.18. The molecule has 1 N–H and O–H groups in total. The fourth-order valence-electron chi connectivity index (χ4n) is 2.22. The topological polar surface area (TPSA) is 46.5 Å². The van der Waals surface area contributed by atoms with Gasteiger partial charge in [-0.25, -0.2) is 0 Å². The van der Waals surface area contributed by atoms with Crippen LogP contribution in [0.4, 0.5) is 0 Å². The van der Waals surface area contributed by atoms with Crippen molar-refractivity contribution in [3.8, 4) is 0 Å². The molecule has 0 spiro atoms.